The van der Waals surface area contributed by atoms with Crippen molar-refractivity contribution >= 4 is 60.8 Å². The largest absolute Gasteiger partial charge is 2.00 e. The maximum absolute atomic E-state index is 10.5. The zero-order valence-corrected chi connectivity index (χ0v) is 22.0. The summed E-state index contributed by atoms with van der Waals surface area (Å²) < 4.78 is 10.2. The van der Waals surface area contributed by atoms with Gasteiger partial charge < -0.3 is 29.3 Å². The zero-order chi connectivity index (χ0) is 23.6. The average molecular weight is 578 g/mol. The Labute approximate surface area is 229 Å². The third-order valence-corrected chi connectivity index (χ3v) is 3.70. The van der Waals surface area contributed by atoms with Crippen LogP contribution in [0.1, 0.15) is 11.1 Å². The van der Waals surface area contributed by atoms with Gasteiger partial charge in [-0.1, -0.05) is 70.9 Å². The number of aliphatic carboxylic acids is 2. The number of azide groups is 2. The summed E-state index contributed by atoms with van der Waals surface area (Å²) in [4.78, 5) is 25.8. The van der Waals surface area contributed by atoms with Gasteiger partial charge in [0.2, 0.25) is 0 Å². The first kappa shape index (κ1) is 30.5. The summed E-state index contributed by atoms with van der Waals surface area (Å²) in [5.74, 6) is -2.88. The van der Waals surface area contributed by atoms with Gasteiger partial charge in [0.15, 0.2) is 0 Å². The van der Waals surface area contributed by atoms with Crippen LogP contribution in [0.2, 0.25) is 0 Å². The summed E-state index contributed by atoms with van der Waals surface area (Å²) in [6.45, 7) is 0.152. The molecule has 0 N–H and O–H groups in total. The summed E-state index contributed by atoms with van der Waals surface area (Å²) in [6, 6.07) is 16.0. The van der Waals surface area contributed by atoms with E-state index in [2.05, 4.69) is 20.1 Å². The van der Waals surface area contributed by atoms with Gasteiger partial charge in [-0.2, -0.15) is 0 Å². The first-order valence-electron chi connectivity index (χ1n) is 9.21. The normalized spacial score (nSPS) is 11.2. The Kier molecular flexibility index (Phi) is 17.6. The molecule has 33 heavy (non-hydrogen) atoms. The van der Waals surface area contributed by atoms with Crippen LogP contribution in [-0.2, 0) is 32.3 Å². The van der Waals surface area contributed by atoms with E-state index in [1.165, 1.54) is 0 Å². The van der Waals surface area contributed by atoms with Crippen LogP contribution in [0.4, 0.5) is 0 Å². The summed E-state index contributed by atoms with van der Waals surface area (Å²) >= 11 is 0. The van der Waals surface area contributed by atoms with E-state index in [-0.39, 0.29) is 75.3 Å². The molecule has 2 aromatic carbocycles. The Balaban J connectivity index is 0.000000602. The van der Waals surface area contributed by atoms with Gasteiger partial charge in [-0.05, 0) is 22.2 Å². The van der Waals surface area contributed by atoms with Crippen LogP contribution < -0.4 is 10.2 Å². The fourth-order valence-corrected chi connectivity index (χ4v) is 2.15. The van der Waals surface area contributed by atoms with E-state index in [9.17, 15) is 19.8 Å². The van der Waals surface area contributed by atoms with E-state index in [4.69, 9.17) is 20.5 Å². The molecule has 0 spiro atoms. The van der Waals surface area contributed by atoms with Crippen molar-refractivity contribution in [3.05, 3.63) is 92.7 Å². The molecule has 0 aromatic heterocycles. The van der Waals surface area contributed by atoms with Gasteiger partial charge in [-0.25, -0.2) is 0 Å². The number of rotatable bonds is 12. The first-order valence-corrected chi connectivity index (χ1v) is 9.21. The predicted molar refractivity (Wildman–Crippen MR) is 114 cm³/mol. The Morgan fingerprint density at radius 1 is 0.758 bits per heavy atom. The third-order valence-electron chi connectivity index (χ3n) is 3.70. The molecule has 0 saturated carbocycles. The first-order chi connectivity index (χ1) is 15.5. The number of hydrogen-bond donors (Lipinski definition) is 0. The van der Waals surface area contributed by atoms with E-state index >= 15 is 0 Å². The molecule has 0 heterocycles. The second kappa shape index (κ2) is 19.0. The standard InChI is InChI=1S/2C10H11N3O3.Ba/c2*11-13-12-9(10(14)15)7-16-6-8-4-2-1-3-5-8;/h2*1-5,9H,6-7H2,(H,14,15);/q;;+2/p-2. The molecule has 0 aliphatic heterocycles. The fraction of sp³-hybridized carbons (Fsp3) is 0.300. The van der Waals surface area contributed by atoms with Gasteiger partial charge in [0.05, 0.1) is 38.4 Å². The van der Waals surface area contributed by atoms with Crippen LogP contribution in [0.15, 0.2) is 70.9 Å². The van der Waals surface area contributed by atoms with Crippen molar-refractivity contribution in [3.63, 3.8) is 0 Å². The van der Waals surface area contributed by atoms with E-state index in [1.54, 1.807) is 0 Å². The van der Waals surface area contributed by atoms with Crippen molar-refractivity contribution < 1.29 is 29.3 Å². The van der Waals surface area contributed by atoms with Crippen LogP contribution in [-0.4, -0.2) is 86.1 Å². The molecule has 0 saturated heterocycles. The van der Waals surface area contributed by atoms with Crippen molar-refractivity contribution in [1.29, 1.82) is 0 Å². The molecular formula is C20H20BaN6O6. The van der Waals surface area contributed by atoms with Gasteiger partial charge >= 0.3 is 48.9 Å². The number of carboxylic acids is 2. The third kappa shape index (κ3) is 14.3. The Bertz CT molecular complexity index is 855. The summed E-state index contributed by atoms with van der Waals surface area (Å²) in [5.41, 5.74) is 18.1. The number of carboxylic acid groups (broad SMARTS) is 2. The number of nitrogens with zero attached hydrogens (tertiary/aromatic N) is 6. The zero-order valence-electron chi connectivity index (χ0n) is 17.6. The van der Waals surface area contributed by atoms with Crippen molar-refractivity contribution in [2.24, 2.45) is 10.2 Å². The maximum atomic E-state index is 10.5. The summed E-state index contributed by atoms with van der Waals surface area (Å²) in [7, 11) is 0. The molecule has 2 atom stereocenters. The van der Waals surface area contributed by atoms with Gasteiger partial charge in [0.1, 0.15) is 12.1 Å². The molecule has 0 fully saturated rings. The average Bonchev–Trinajstić information content (AvgIpc) is 2.79. The summed E-state index contributed by atoms with van der Waals surface area (Å²) in [5, 5.41) is 27.0. The van der Waals surface area contributed by atoms with E-state index in [0.717, 1.165) is 11.1 Å². The Hall–Kier alpha value is -2.51. The van der Waals surface area contributed by atoms with Crippen molar-refractivity contribution in [3.8, 4) is 0 Å². The molecular weight excluding hydrogens is 558 g/mol. The van der Waals surface area contributed by atoms with Crippen molar-refractivity contribution in [1.82, 2.24) is 0 Å². The molecule has 2 aromatic rings. The Morgan fingerprint density at radius 2 is 1.09 bits per heavy atom. The van der Waals surface area contributed by atoms with Gasteiger partial charge in [-0.3, -0.25) is 0 Å². The molecule has 0 aliphatic rings. The van der Waals surface area contributed by atoms with Crippen LogP contribution in [0, 0.1) is 0 Å². The van der Waals surface area contributed by atoms with Gasteiger partial charge in [-0.15, -0.1) is 0 Å². The number of carbonyl (C=O) groups is 2. The monoisotopic (exact) mass is 578 g/mol. The second-order valence-corrected chi connectivity index (χ2v) is 6.08. The van der Waals surface area contributed by atoms with Crippen LogP contribution in [0.5, 0.6) is 0 Å². The smallest absolute Gasteiger partial charge is 0.550 e. The second-order valence-electron chi connectivity index (χ2n) is 6.08. The maximum Gasteiger partial charge on any atom is 2.00 e. The molecule has 0 radical (unpaired) electrons. The quantitative estimate of drug-likeness (QED) is 0.155. The van der Waals surface area contributed by atoms with Crippen molar-refractivity contribution in [2.45, 2.75) is 25.3 Å². The minimum atomic E-state index is -1.44. The molecule has 2 rings (SSSR count). The number of ether oxygens (including phenoxy) is 2. The molecule has 2 unspecified atom stereocenters. The minimum absolute atomic E-state index is 0. The fourth-order valence-electron chi connectivity index (χ4n) is 2.15. The van der Waals surface area contributed by atoms with Gasteiger partial charge in [0, 0.05) is 9.82 Å². The number of benzene rings is 2. The molecule has 0 aliphatic carbocycles. The molecule has 0 bridgehead atoms. The van der Waals surface area contributed by atoms with Crippen molar-refractivity contribution in [2.75, 3.05) is 13.2 Å². The Morgan fingerprint density at radius 3 is 1.36 bits per heavy atom. The SMILES string of the molecule is [Ba+2].[N-]=[N+]=NC(COCc1ccccc1)C(=O)[O-].[N-]=[N+]=NC(COCc1ccccc1)C(=O)[O-]. The van der Waals surface area contributed by atoms with E-state index < -0.39 is 24.0 Å². The van der Waals surface area contributed by atoms with E-state index in [0.29, 0.717) is 0 Å². The molecule has 0 amide bonds. The van der Waals surface area contributed by atoms with Crippen LogP contribution >= 0.6 is 0 Å². The minimum Gasteiger partial charge on any atom is -0.550 e. The van der Waals surface area contributed by atoms with Gasteiger partial charge in [0.25, 0.3) is 0 Å². The number of carbonyl (C=O) groups excluding carboxylic acids is 2. The van der Waals surface area contributed by atoms with Crippen LogP contribution in [0.3, 0.4) is 0 Å². The van der Waals surface area contributed by atoms with Crippen LogP contribution in [0.25, 0.3) is 20.9 Å². The number of hydrogen-bond acceptors (Lipinski definition) is 8. The van der Waals surface area contributed by atoms with E-state index in [1.807, 2.05) is 60.7 Å². The molecule has 12 nitrogen and oxygen atoms in total. The topological polar surface area (TPSA) is 196 Å². The summed E-state index contributed by atoms with van der Waals surface area (Å²) in [6.07, 6.45) is 0. The predicted octanol–water partition coefficient (Wildman–Crippen LogP) is 0.883. The molecule has 168 valence electrons. The molecule has 13 heteroatoms.